The zero-order valence-electron chi connectivity index (χ0n) is 23.2. The number of alkyl carbamates (subject to hydrolysis) is 1. The lowest BCUT2D eigenvalue weighted by Gasteiger charge is -2.30. The van der Waals surface area contributed by atoms with Gasteiger partial charge in [-0.25, -0.2) is 9.59 Å². The highest BCUT2D eigenvalue weighted by Gasteiger charge is 2.35. The molecule has 0 spiro atoms. The molecule has 0 aliphatic carbocycles. The third kappa shape index (κ3) is 9.27. The topological polar surface area (TPSA) is 139 Å². The van der Waals surface area contributed by atoms with E-state index in [1.54, 1.807) is 45.7 Å². The van der Waals surface area contributed by atoms with Gasteiger partial charge >= 0.3 is 12.1 Å². The van der Waals surface area contributed by atoms with Crippen LogP contribution in [0.3, 0.4) is 0 Å². The van der Waals surface area contributed by atoms with Gasteiger partial charge in [0.2, 0.25) is 11.8 Å². The average Bonchev–Trinajstić information content (AvgIpc) is 3.22. The quantitative estimate of drug-likeness (QED) is 0.299. The summed E-state index contributed by atoms with van der Waals surface area (Å²) in [6.07, 6.45) is 3.48. The molecule has 1 aromatic carbocycles. The van der Waals surface area contributed by atoms with Crippen molar-refractivity contribution in [3.63, 3.8) is 0 Å². The van der Waals surface area contributed by atoms with Gasteiger partial charge in [0.05, 0.1) is 6.61 Å². The van der Waals surface area contributed by atoms with Gasteiger partial charge in [0.15, 0.2) is 0 Å². The number of fused-ring (bicyclic) bond motifs is 1. The number of carbonyl (C=O) groups is 4. The fourth-order valence-corrected chi connectivity index (χ4v) is 4.16. The molecule has 2 atom stereocenters. The molecule has 10 nitrogen and oxygen atoms in total. The number of nitrogens with one attached hydrogen (secondary N) is 4. The Morgan fingerprint density at radius 1 is 1.03 bits per heavy atom. The molecule has 2 aromatic rings. The van der Waals surface area contributed by atoms with E-state index in [-0.39, 0.29) is 13.0 Å². The molecule has 0 radical (unpaired) electrons. The molecule has 0 aliphatic rings. The molecule has 4 N–H and O–H groups in total. The van der Waals surface area contributed by atoms with Crippen molar-refractivity contribution in [2.75, 3.05) is 18.6 Å². The van der Waals surface area contributed by atoms with Crippen LogP contribution in [0.15, 0.2) is 30.5 Å². The van der Waals surface area contributed by atoms with E-state index in [4.69, 9.17) is 9.47 Å². The van der Waals surface area contributed by atoms with Crippen molar-refractivity contribution in [3.05, 3.63) is 36.0 Å². The van der Waals surface area contributed by atoms with Crippen LogP contribution in [0.1, 0.15) is 53.5 Å². The average molecular weight is 549 g/mol. The van der Waals surface area contributed by atoms with E-state index in [1.807, 2.05) is 30.5 Å². The summed E-state index contributed by atoms with van der Waals surface area (Å²) in [5, 5.41) is 9.00. The largest absolute Gasteiger partial charge is 0.464 e. The summed E-state index contributed by atoms with van der Waals surface area (Å²) in [5.74, 6) is -1.01. The third-order valence-corrected chi connectivity index (χ3v) is 6.24. The molecule has 1 aromatic heterocycles. The van der Waals surface area contributed by atoms with E-state index in [0.717, 1.165) is 16.5 Å². The van der Waals surface area contributed by atoms with Crippen molar-refractivity contribution in [2.24, 2.45) is 0 Å². The van der Waals surface area contributed by atoms with Crippen LogP contribution in [0.25, 0.3) is 10.9 Å². The number of ether oxygens (including phenoxy) is 2. The number of para-hydroxylation sites is 1. The molecule has 1 heterocycles. The van der Waals surface area contributed by atoms with Gasteiger partial charge in [-0.2, -0.15) is 11.8 Å². The molecular formula is C27H40N4O6S. The zero-order chi connectivity index (χ0) is 28.5. The summed E-state index contributed by atoms with van der Waals surface area (Å²) < 4.78 is 10.4. The van der Waals surface area contributed by atoms with Crippen LogP contribution in [0.5, 0.6) is 0 Å². The predicted molar refractivity (Wildman–Crippen MR) is 149 cm³/mol. The molecule has 0 saturated heterocycles. The first kappa shape index (κ1) is 31.0. The molecule has 210 valence electrons. The van der Waals surface area contributed by atoms with Crippen molar-refractivity contribution >= 4 is 46.5 Å². The molecule has 11 heteroatoms. The lowest BCUT2D eigenvalue weighted by molar-refractivity contribution is -0.147. The van der Waals surface area contributed by atoms with Crippen LogP contribution in [0.2, 0.25) is 0 Å². The van der Waals surface area contributed by atoms with Crippen molar-refractivity contribution in [1.29, 1.82) is 0 Å². The standard InChI is InChI=1S/C27H40N4O6S/c1-8-36-23(33)20(13-14-38-7)29-22(32)21(15-17-16-28-19-12-10-9-11-18(17)19)30-24(34)27(5,6)31-25(35)37-26(2,3)4/h9-12,16,20-21,28H,8,13-15H2,1-7H3,(H,29,32)(H,30,34)(H,31,35)/t20-,21?/m0/s1. The number of esters is 1. The fraction of sp³-hybridized carbons (Fsp3) is 0.556. The molecule has 0 fully saturated rings. The third-order valence-electron chi connectivity index (χ3n) is 5.60. The van der Waals surface area contributed by atoms with Crippen LogP contribution in [0, 0.1) is 0 Å². The minimum absolute atomic E-state index is 0.155. The first-order valence-electron chi connectivity index (χ1n) is 12.6. The summed E-state index contributed by atoms with van der Waals surface area (Å²) in [7, 11) is 0. The van der Waals surface area contributed by atoms with Crippen LogP contribution in [-0.4, -0.2) is 70.7 Å². The Balaban J connectivity index is 2.29. The number of amides is 3. The van der Waals surface area contributed by atoms with Crippen LogP contribution < -0.4 is 16.0 Å². The monoisotopic (exact) mass is 548 g/mol. The smallest absolute Gasteiger partial charge is 0.408 e. The van der Waals surface area contributed by atoms with E-state index in [2.05, 4.69) is 20.9 Å². The van der Waals surface area contributed by atoms with Gasteiger partial charge in [-0.15, -0.1) is 0 Å². The maximum absolute atomic E-state index is 13.5. The first-order chi connectivity index (χ1) is 17.8. The van der Waals surface area contributed by atoms with Gasteiger partial charge in [-0.1, -0.05) is 18.2 Å². The Labute approximate surface area is 228 Å². The molecule has 0 bridgehead atoms. The lowest BCUT2D eigenvalue weighted by atomic mass is 10.0. The number of hydrogen-bond donors (Lipinski definition) is 4. The van der Waals surface area contributed by atoms with Crippen molar-refractivity contribution in [2.45, 2.75) is 77.6 Å². The van der Waals surface area contributed by atoms with Gasteiger partial charge in [0.1, 0.15) is 23.2 Å². The van der Waals surface area contributed by atoms with E-state index >= 15 is 0 Å². The minimum atomic E-state index is -1.39. The minimum Gasteiger partial charge on any atom is -0.464 e. The predicted octanol–water partition coefficient (Wildman–Crippen LogP) is 3.30. The van der Waals surface area contributed by atoms with Gasteiger partial charge in [-0.3, -0.25) is 9.59 Å². The van der Waals surface area contributed by atoms with Crippen LogP contribution >= 0.6 is 11.8 Å². The Bertz CT molecular complexity index is 1120. The highest BCUT2D eigenvalue weighted by Crippen LogP contribution is 2.20. The SMILES string of the molecule is CCOC(=O)[C@H](CCSC)NC(=O)C(Cc1c[nH]c2ccccc12)NC(=O)C(C)(C)NC(=O)OC(C)(C)C. The Hall–Kier alpha value is -3.21. The summed E-state index contributed by atoms with van der Waals surface area (Å²) in [6, 6.07) is 5.73. The molecule has 0 saturated carbocycles. The lowest BCUT2D eigenvalue weighted by Crippen LogP contribution is -2.60. The molecule has 0 aliphatic heterocycles. The number of carbonyl (C=O) groups excluding carboxylic acids is 4. The number of rotatable bonds is 12. The summed E-state index contributed by atoms with van der Waals surface area (Å²) in [6.45, 7) is 10.1. The van der Waals surface area contributed by atoms with E-state index in [9.17, 15) is 19.2 Å². The summed E-state index contributed by atoms with van der Waals surface area (Å²) in [4.78, 5) is 54.8. The normalized spacial score (nSPS) is 13.3. The maximum atomic E-state index is 13.5. The molecule has 1 unspecified atom stereocenters. The van der Waals surface area contributed by atoms with Crippen LogP contribution in [-0.2, 0) is 30.3 Å². The van der Waals surface area contributed by atoms with Crippen molar-refractivity contribution in [3.8, 4) is 0 Å². The van der Waals surface area contributed by atoms with Crippen molar-refractivity contribution < 1.29 is 28.7 Å². The Morgan fingerprint density at radius 2 is 1.71 bits per heavy atom. The second-order valence-electron chi connectivity index (χ2n) is 10.4. The Morgan fingerprint density at radius 3 is 2.34 bits per heavy atom. The highest BCUT2D eigenvalue weighted by molar-refractivity contribution is 7.98. The van der Waals surface area contributed by atoms with Crippen LogP contribution in [0.4, 0.5) is 4.79 Å². The summed E-state index contributed by atoms with van der Waals surface area (Å²) in [5.41, 5.74) is -0.423. The molecular weight excluding hydrogens is 508 g/mol. The number of aromatic nitrogens is 1. The number of H-pyrrole nitrogens is 1. The fourth-order valence-electron chi connectivity index (χ4n) is 3.68. The van der Waals surface area contributed by atoms with Gasteiger partial charge in [0.25, 0.3) is 0 Å². The molecule has 2 rings (SSSR count). The first-order valence-corrected chi connectivity index (χ1v) is 14.0. The van der Waals surface area contributed by atoms with E-state index in [0.29, 0.717) is 12.2 Å². The number of thioether (sulfide) groups is 1. The van der Waals surface area contributed by atoms with Gasteiger partial charge in [0, 0.05) is 23.5 Å². The van der Waals surface area contributed by atoms with Crippen molar-refractivity contribution in [1.82, 2.24) is 20.9 Å². The maximum Gasteiger partial charge on any atom is 0.408 e. The number of aromatic amines is 1. The second-order valence-corrected chi connectivity index (χ2v) is 11.4. The number of benzene rings is 1. The molecule has 3 amide bonds. The summed E-state index contributed by atoms with van der Waals surface area (Å²) >= 11 is 1.54. The number of hydrogen-bond acceptors (Lipinski definition) is 7. The molecule has 38 heavy (non-hydrogen) atoms. The van der Waals surface area contributed by atoms with E-state index in [1.165, 1.54) is 13.8 Å². The van der Waals surface area contributed by atoms with Gasteiger partial charge < -0.3 is 30.4 Å². The van der Waals surface area contributed by atoms with E-state index < -0.39 is 47.1 Å². The second kappa shape index (κ2) is 13.5. The zero-order valence-corrected chi connectivity index (χ0v) is 24.0. The van der Waals surface area contributed by atoms with Gasteiger partial charge in [-0.05, 0) is 71.6 Å². The Kier molecular flexibility index (Phi) is 11.1. The highest BCUT2D eigenvalue weighted by atomic mass is 32.2.